The van der Waals surface area contributed by atoms with Crippen molar-refractivity contribution >= 4 is 17.3 Å². The minimum absolute atomic E-state index is 0.0160. The minimum atomic E-state index is 0.0160. The number of para-hydroxylation sites is 1. The number of aliphatic imine (C=N–C) groups is 1. The van der Waals surface area contributed by atoms with E-state index >= 15 is 0 Å². The molecule has 0 saturated heterocycles. The maximum absolute atomic E-state index is 12.8. The first-order valence-electron chi connectivity index (χ1n) is 8.36. The molecule has 1 amide bonds. The van der Waals surface area contributed by atoms with Crippen LogP contribution in [0.2, 0.25) is 0 Å². The molecule has 0 aliphatic carbocycles. The third-order valence-corrected chi connectivity index (χ3v) is 4.35. The fourth-order valence-electron chi connectivity index (χ4n) is 3.14. The number of amides is 1. The Labute approximate surface area is 147 Å². The summed E-state index contributed by atoms with van der Waals surface area (Å²) in [4.78, 5) is 19.2. The number of nitrogens with zero attached hydrogens (tertiary/aromatic N) is 2. The normalized spacial score (nSPS) is 13.8. The molecule has 4 rings (SSSR count). The average molecular weight is 326 g/mol. The molecule has 25 heavy (non-hydrogen) atoms. The van der Waals surface area contributed by atoms with Crippen LogP contribution in [0, 0.1) is 0 Å². The molecule has 3 aromatic rings. The quantitative estimate of drug-likeness (QED) is 0.714. The molecule has 3 nitrogen and oxygen atoms in total. The standard InChI is InChI=1S/C22H18N2O/c25-21-15-23-22(18-11-5-2-6-12-18)19-13-7-8-14-20(19)24(21)16-17-9-3-1-4-10-17/h1-14H,15-16H2. The molecule has 0 saturated carbocycles. The van der Waals surface area contributed by atoms with Crippen LogP contribution in [-0.4, -0.2) is 18.2 Å². The fourth-order valence-corrected chi connectivity index (χ4v) is 3.14. The zero-order chi connectivity index (χ0) is 17.1. The molecular weight excluding hydrogens is 308 g/mol. The largest absolute Gasteiger partial charge is 0.306 e. The number of benzodiazepines with no additional fused rings is 1. The van der Waals surface area contributed by atoms with Crippen LogP contribution >= 0.6 is 0 Å². The van der Waals surface area contributed by atoms with Gasteiger partial charge in [-0.3, -0.25) is 9.79 Å². The second-order valence-electron chi connectivity index (χ2n) is 6.01. The molecule has 1 aliphatic heterocycles. The number of carbonyl (C=O) groups excluding carboxylic acids is 1. The summed E-state index contributed by atoms with van der Waals surface area (Å²) >= 11 is 0. The molecule has 0 fully saturated rings. The van der Waals surface area contributed by atoms with Crippen LogP contribution in [0.25, 0.3) is 0 Å². The van der Waals surface area contributed by atoms with E-state index in [0.717, 1.165) is 28.1 Å². The van der Waals surface area contributed by atoms with E-state index in [4.69, 9.17) is 0 Å². The van der Waals surface area contributed by atoms with Crippen molar-refractivity contribution in [3.63, 3.8) is 0 Å². The van der Waals surface area contributed by atoms with E-state index in [-0.39, 0.29) is 12.5 Å². The Bertz CT molecular complexity index is 917. The lowest BCUT2D eigenvalue weighted by atomic mass is 10.00. The number of hydrogen-bond acceptors (Lipinski definition) is 2. The van der Waals surface area contributed by atoms with E-state index in [0.29, 0.717) is 6.54 Å². The van der Waals surface area contributed by atoms with E-state index in [1.807, 2.05) is 89.8 Å². The van der Waals surface area contributed by atoms with E-state index < -0.39 is 0 Å². The van der Waals surface area contributed by atoms with Crippen molar-refractivity contribution in [2.75, 3.05) is 11.4 Å². The van der Waals surface area contributed by atoms with Gasteiger partial charge in [0.25, 0.3) is 0 Å². The molecule has 3 aromatic carbocycles. The van der Waals surface area contributed by atoms with Crippen molar-refractivity contribution in [3.8, 4) is 0 Å². The second kappa shape index (κ2) is 6.73. The maximum Gasteiger partial charge on any atom is 0.248 e. The van der Waals surface area contributed by atoms with Crippen molar-refractivity contribution in [1.82, 2.24) is 0 Å². The van der Waals surface area contributed by atoms with Crippen LogP contribution in [0.1, 0.15) is 16.7 Å². The van der Waals surface area contributed by atoms with Gasteiger partial charge in [-0.15, -0.1) is 0 Å². The molecule has 122 valence electrons. The summed E-state index contributed by atoms with van der Waals surface area (Å²) in [5, 5.41) is 0. The van der Waals surface area contributed by atoms with Crippen molar-refractivity contribution in [1.29, 1.82) is 0 Å². The van der Waals surface area contributed by atoms with Crippen molar-refractivity contribution < 1.29 is 4.79 Å². The van der Waals surface area contributed by atoms with Gasteiger partial charge >= 0.3 is 0 Å². The molecule has 0 N–H and O–H groups in total. The van der Waals surface area contributed by atoms with Gasteiger partial charge in [-0.05, 0) is 11.6 Å². The van der Waals surface area contributed by atoms with Crippen LogP contribution < -0.4 is 4.90 Å². The van der Waals surface area contributed by atoms with Gasteiger partial charge in [0.2, 0.25) is 5.91 Å². The Morgan fingerprint density at radius 1 is 0.800 bits per heavy atom. The fraction of sp³-hybridized carbons (Fsp3) is 0.0909. The van der Waals surface area contributed by atoms with Gasteiger partial charge in [-0.2, -0.15) is 0 Å². The predicted molar refractivity (Wildman–Crippen MR) is 101 cm³/mol. The lowest BCUT2D eigenvalue weighted by Gasteiger charge is -2.23. The summed E-state index contributed by atoms with van der Waals surface area (Å²) in [5.74, 6) is 0.0160. The Morgan fingerprint density at radius 3 is 2.20 bits per heavy atom. The van der Waals surface area contributed by atoms with Crippen LogP contribution in [0.4, 0.5) is 5.69 Å². The summed E-state index contributed by atoms with van der Waals surface area (Å²) in [6.07, 6.45) is 0. The molecule has 0 unspecified atom stereocenters. The number of anilines is 1. The molecular formula is C22H18N2O. The van der Waals surface area contributed by atoms with E-state index in [2.05, 4.69) is 4.99 Å². The zero-order valence-corrected chi connectivity index (χ0v) is 13.8. The summed E-state index contributed by atoms with van der Waals surface area (Å²) in [6.45, 7) is 0.708. The van der Waals surface area contributed by atoms with Gasteiger partial charge in [-0.1, -0.05) is 78.9 Å². The monoisotopic (exact) mass is 326 g/mol. The molecule has 0 atom stereocenters. The van der Waals surface area contributed by atoms with Crippen LogP contribution in [0.5, 0.6) is 0 Å². The van der Waals surface area contributed by atoms with Crippen molar-refractivity contribution in [2.45, 2.75) is 6.54 Å². The van der Waals surface area contributed by atoms with E-state index in [9.17, 15) is 4.79 Å². The van der Waals surface area contributed by atoms with Crippen molar-refractivity contribution in [3.05, 3.63) is 102 Å². The first-order valence-corrected chi connectivity index (χ1v) is 8.36. The first-order chi connectivity index (χ1) is 12.3. The van der Waals surface area contributed by atoms with Gasteiger partial charge in [0.15, 0.2) is 0 Å². The maximum atomic E-state index is 12.8. The Balaban J connectivity index is 1.79. The molecule has 0 bridgehead atoms. The molecule has 0 aromatic heterocycles. The lowest BCUT2D eigenvalue weighted by Crippen LogP contribution is -2.31. The number of hydrogen-bond donors (Lipinski definition) is 0. The topological polar surface area (TPSA) is 32.7 Å². The van der Waals surface area contributed by atoms with Gasteiger partial charge < -0.3 is 4.90 Å². The lowest BCUT2D eigenvalue weighted by molar-refractivity contribution is -0.117. The number of carbonyl (C=O) groups is 1. The first kappa shape index (κ1) is 15.3. The summed E-state index contributed by atoms with van der Waals surface area (Å²) in [6, 6.07) is 28.1. The van der Waals surface area contributed by atoms with Gasteiger partial charge in [-0.25, -0.2) is 0 Å². The summed E-state index contributed by atoms with van der Waals surface area (Å²) < 4.78 is 0. The Hall–Kier alpha value is -3.20. The smallest absolute Gasteiger partial charge is 0.248 e. The number of benzene rings is 3. The van der Waals surface area contributed by atoms with Crippen molar-refractivity contribution in [2.24, 2.45) is 4.99 Å². The highest BCUT2D eigenvalue weighted by Crippen LogP contribution is 2.28. The predicted octanol–water partition coefficient (Wildman–Crippen LogP) is 4.07. The van der Waals surface area contributed by atoms with E-state index in [1.54, 1.807) is 0 Å². The zero-order valence-electron chi connectivity index (χ0n) is 13.8. The molecule has 3 heteroatoms. The molecule has 1 aliphatic rings. The molecule has 0 radical (unpaired) electrons. The Kier molecular flexibility index (Phi) is 4.13. The highest BCUT2D eigenvalue weighted by atomic mass is 16.2. The second-order valence-corrected chi connectivity index (χ2v) is 6.01. The van der Waals surface area contributed by atoms with Gasteiger partial charge in [0.05, 0.1) is 17.9 Å². The molecule has 0 spiro atoms. The molecule has 1 heterocycles. The highest BCUT2D eigenvalue weighted by Gasteiger charge is 2.24. The van der Waals surface area contributed by atoms with Gasteiger partial charge in [0, 0.05) is 11.1 Å². The van der Waals surface area contributed by atoms with Crippen LogP contribution in [0.3, 0.4) is 0 Å². The van der Waals surface area contributed by atoms with Crippen LogP contribution in [-0.2, 0) is 11.3 Å². The van der Waals surface area contributed by atoms with Gasteiger partial charge in [0.1, 0.15) is 6.54 Å². The number of fused-ring (bicyclic) bond motifs is 1. The third kappa shape index (κ3) is 3.09. The minimum Gasteiger partial charge on any atom is -0.306 e. The van der Waals surface area contributed by atoms with Crippen LogP contribution in [0.15, 0.2) is 89.9 Å². The third-order valence-electron chi connectivity index (χ3n) is 4.35. The Morgan fingerprint density at radius 2 is 1.44 bits per heavy atom. The SMILES string of the molecule is O=C1CN=C(c2ccccc2)c2ccccc2N1Cc1ccccc1. The average Bonchev–Trinajstić information content (AvgIpc) is 2.81. The summed E-state index contributed by atoms with van der Waals surface area (Å²) in [5.41, 5.74) is 4.92. The highest BCUT2D eigenvalue weighted by molar-refractivity contribution is 6.19. The summed E-state index contributed by atoms with van der Waals surface area (Å²) in [7, 11) is 0. The van der Waals surface area contributed by atoms with E-state index in [1.165, 1.54) is 0 Å². The number of rotatable bonds is 3.